The maximum Gasteiger partial charge on any atom is 0.0679 e. The Morgan fingerprint density at radius 2 is 2.27 bits per heavy atom. The lowest BCUT2D eigenvalue weighted by atomic mass is 10.2. The summed E-state index contributed by atoms with van der Waals surface area (Å²) in [6.45, 7) is 0. The number of nitrogens with zero attached hydrogens (tertiary/aromatic N) is 2. The molecule has 2 nitrogen and oxygen atoms in total. The van der Waals surface area contributed by atoms with Crippen molar-refractivity contribution in [1.29, 1.82) is 0 Å². The summed E-state index contributed by atoms with van der Waals surface area (Å²) in [5, 5.41) is 6.54. The Labute approximate surface area is 67.4 Å². The van der Waals surface area contributed by atoms with Crippen molar-refractivity contribution in [2.75, 3.05) is 0 Å². The van der Waals surface area contributed by atoms with Gasteiger partial charge in [-0.1, -0.05) is 6.07 Å². The van der Waals surface area contributed by atoms with Crippen LogP contribution in [-0.4, -0.2) is 9.78 Å². The maximum atomic E-state index is 4.14. The van der Waals surface area contributed by atoms with Gasteiger partial charge in [-0.15, -0.1) is 9.24 Å². The SMILES string of the molecule is Cn1ncc2cc(P)ccc21. The summed E-state index contributed by atoms with van der Waals surface area (Å²) in [6, 6.07) is 6.24. The van der Waals surface area contributed by atoms with Gasteiger partial charge in [0, 0.05) is 12.4 Å². The van der Waals surface area contributed by atoms with Gasteiger partial charge in [-0.25, -0.2) is 0 Å². The Kier molecular flexibility index (Phi) is 1.43. The Hall–Kier alpha value is -0.880. The van der Waals surface area contributed by atoms with Crippen LogP contribution in [0.25, 0.3) is 10.9 Å². The molecule has 11 heavy (non-hydrogen) atoms. The van der Waals surface area contributed by atoms with E-state index in [1.54, 1.807) is 0 Å². The summed E-state index contributed by atoms with van der Waals surface area (Å²) in [5.41, 5.74) is 1.18. The summed E-state index contributed by atoms with van der Waals surface area (Å²) in [7, 11) is 4.62. The van der Waals surface area contributed by atoms with E-state index in [-0.39, 0.29) is 0 Å². The summed E-state index contributed by atoms with van der Waals surface area (Å²) in [4.78, 5) is 0. The molecule has 0 bridgehead atoms. The predicted molar refractivity (Wildman–Crippen MR) is 50.1 cm³/mol. The van der Waals surface area contributed by atoms with E-state index in [1.807, 2.05) is 17.9 Å². The third-order valence-electron chi connectivity index (χ3n) is 1.77. The molecule has 1 aromatic carbocycles. The fourth-order valence-corrected chi connectivity index (χ4v) is 1.46. The van der Waals surface area contributed by atoms with Crippen molar-refractivity contribution in [2.24, 2.45) is 7.05 Å². The number of hydrogen-bond acceptors (Lipinski definition) is 1. The lowest BCUT2D eigenvalue weighted by molar-refractivity contribution is 0.797. The van der Waals surface area contributed by atoms with Gasteiger partial charge >= 0.3 is 0 Å². The van der Waals surface area contributed by atoms with Gasteiger partial charge in [-0.2, -0.15) is 5.10 Å². The Balaban J connectivity index is 2.86. The normalized spacial score (nSPS) is 10.7. The van der Waals surface area contributed by atoms with E-state index in [1.165, 1.54) is 16.2 Å². The first-order valence-electron chi connectivity index (χ1n) is 3.44. The summed E-state index contributed by atoms with van der Waals surface area (Å²) < 4.78 is 1.87. The number of aryl methyl sites for hydroxylation is 1. The maximum absolute atomic E-state index is 4.14. The van der Waals surface area contributed by atoms with Crippen LogP contribution in [0.2, 0.25) is 0 Å². The zero-order valence-electron chi connectivity index (χ0n) is 6.28. The minimum atomic E-state index is 1.18. The average Bonchev–Trinajstić information content (AvgIpc) is 2.32. The van der Waals surface area contributed by atoms with Gasteiger partial charge in [0.15, 0.2) is 0 Å². The molecule has 0 saturated carbocycles. The van der Waals surface area contributed by atoms with Crippen LogP contribution in [0.15, 0.2) is 24.4 Å². The van der Waals surface area contributed by atoms with Gasteiger partial charge in [-0.3, -0.25) is 4.68 Å². The highest BCUT2D eigenvalue weighted by Crippen LogP contribution is 2.10. The van der Waals surface area contributed by atoms with Gasteiger partial charge in [0.05, 0.1) is 11.7 Å². The molecule has 0 fully saturated rings. The quantitative estimate of drug-likeness (QED) is 0.532. The van der Waals surface area contributed by atoms with Crippen molar-refractivity contribution in [3.05, 3.63) is 24.4 Å². The molecule has 0 saturated heterocycles. The summed E-state index contributed by atoms with van der Waals surface area (Å²) in [6.07, 6.45) is 1.88. The van der Waals surface area contributed by atoms with Crippen LogP contribution in [0.5, 0.6) is 0 Å². The molecule has 1 atom stereocenters. The minimum absolute atomic E-state index is 1.18. The minimum Gasteiger partial charge on any atom is -0.268 e. The zero-order valence-corrected chi connectivity index (χ0v) is 7.44. The third kappa shape index (κ3) is 1.04. The summed E-state index contributed by atoms with van der Waals surface area (Å²) >= 11 is 0. The van der Waals surface area contributed by atoms with E-state index >= 15 is 0 Å². The molecular weight excluding hydrogens is 155 g/mol. The van der Waals surface area contributed by atoms with Crippen molar-refractivity contribution < 1.29 is 0 Å². The molecule has 1 aromatic heterocycles. The van der Waals surface area contributed by atoms with Crippen LogP contribution in [0.1, 0.15) is 0 Å². The van der Waals surface area contributed by atoms with E-state index in [9.17, 15) is 0 Å². The highest BCUT2D eigenvalue weighted by atomic mass is 31.0. The van der Waals surface area contributed by atoms with Crippen molar-refractivity contribution >= 4 is 25.4 Å². The molecule has 56 valence electrons. The largest absolute Gasteiger partial charge is 0.268 e. The van der Waals surface area contributed by atoms with Crippen LogP contribution >= 0.6 is 9.24 Å². The van der Waals surface area contributed by atoms with E-state index in [0.717, 1.165) is 0 Å². The van der Waals surface area contributed by atoms with Crippen LogP contribution in [-0.2, 0) is 7.05 Å². The molecule has 1 heterocycles. The van der Waals surface area contributed by atoms with Crippen molar-refractivity contribution in [3.8, 4) is 0 Å². The fraction of sp³-hybridized carbons (Fsp3) is 0.125. The van der Waals surface area contributed by atoms with Crippen molar-refractivity contribution in [2.45, 2.75) is 0 Å². The Bertz CT molecular complexity index is 392. The first kappa shape index (κ1) is 6.81. The lowest BCUT2D eigenvalue weighted by Gasteiger charge is -1.93. The molecule has 1 unspecified atom stereocenters. The highest BCUT2D eigenvalue weighted by Gasteiger charge is 1.96. The molecule has 0 aliphatic carbocycles. The van der Waals surface area contributed by atoms with Gasteiger partial charge in [0.2, 0.25) is 0 Å². The number of fused-ring (bicyclic) bond motifs is 1. The second kappa shape index (κ2) is 2.31. The lowest BCUT2D eigenvalue weighted by Crippen LogP contribution is -1.91. The number of aromatic nitrogens is 2. The topological polar surface area (TPSA) is 17.8 Å². The molecule has 0 radical (unpaired) electrons. The molecule has 0 amide bonds. The Morgan fingerprint density at radius 1 is 1.45 bits per heavy atom. The van der Waals surface area contributed by atoms with Crippen LogP contribution < -0.4 is 5.30 Å². The molecule has 2 aromatic rings. The molecule has 0 aliphatic heterocycles. The van der Waals surface area contributed by atoms with E-state index < -0.39 is 0 Å². The van der Waals surface area contributed by atoms with E-state index in [4.69, 9.17) is 0 Å². The van der Waals surface area contributed by atoms with Gasteiger partial charge < -0.3 is 0 Å². The van der Waals surface area contributed by atoms with Gasteiger partial charge in [-0.05, 0) is 17.4 Å². The van der Waals surface area contributed by atoms with Gasteiger partial charge in [0.25, 0.3) is 0 Å². The Morgan fingerprint density at radius 3 is 3.09 bits per heavy atom. The average molecular weight is 164 g/mol. The molecule has 0 aliphatic rings. The number of benzene rings is 1. The number of rotatable bonds is 0. The van der Waals surface area contributed by atoms with Crippen molar-refractivity contribution in [3.63, 3.8) is 0 Å². The molecule has 2 rings (SSSR count). The smallest absolute Gasteiger partial charge is 0.0679 e. The van der Waals surface area contributed by atoms with Crippen LogP contribution in [0.4, 0.5) is 0 Å². The third-order valence-corrected chi connectivity index (χ3v) is 2.13. The predicted octanol–water partition coefficient (Wildman–Crippen LogP) is 1.07. The van der Waals surface area contributed by atoms with E-state index in [0.29, 0.717) is 0 Å². The second-order valence-corrected chi connectivity index (χ2v) is 3.25. The standard InChI is InChI=1S/C8H9N2P/c1-10-8-3-2-7(11)4-6(8)5-9-10/h2-5H,11H2,1H3. The molecule has 3 heteroatoms. The highest BCUT2D eigenvalue weighted by molar-refractivity contribution is 7.27. The first-order chi connectivity index (χ1) is 5.27. The molecular formula is C8H9N2P. The first-order valence-corrected chi connectivity index (χ1v) is 4.02. The van der Waals surface area contributed by atoms with Crippen molar-refractivity contribution in [1.82, 2.24) is 9.78 Å². The number of hydrogen-bond donors (Lipinski definition) is 0. The van der Waals surface area contributed by atoms with Crippen LogP contribution in [0, 0.1) is 0 Å². The van der Waals surface area contributed by atoms with Crippen LogP contribution in [0.3, 0.4) is 0 Å². The van der Waals surface area contributed by atoms with Gasteiger partial charge in [0.1, 0.15) is 0 Å². The monoisotopic (exact) mass is 164 g/mol. The molecule has 0 N–H and O–H groups in total. The fourth-order valence-electron chi connectivity index (χ4n) is 1.18. The summed E-state index contributed by atoms with van der Waals surface area (Å²) in [5.74, 6) is 0. The van der Waals surface area contributed by atoms with E-state index in [2.05, 4.69) is 32.5 Å². The second-order valence-electron chi connectivity index (χ2n) is 2.59. The zero-order chi connectivity index (χ0) is 7.84. The molecule has 0 spiro atoms.